The normalized spacial score (nSPS) is 12.1. The van der Waals surface area contributed by atoms with E-state index in [1.54, 1.807) is 0 Å². The van der Waals surface area contributed by atoms with Crippen molar-refractivity contribution in [2.24, 2.45) is 0 Å². The van der Waals surface area contributed by atoms with E-state index in [0.29, 0.717) is 5.56 Å². The van der Waals surface area contributed by atoms with Gasteiger partial charge >= 0.3 is 12.8 Å². The number of ether oxygens (including phenoxy) is 1. The van der Waals surface area contributed by atoms with Crippen molar-refractivity contribution in [1.82, 2.24) is 19.6 Å². The fourth-order valence-corrected chi connectivity index (χ4v) is 1.95. The van der Waals surface area contributed by atoms with Gasteiger partial charge in [-0.3, -0.25) is 9.38 Å². The molecule has 0 aliphatic heterocycles. The van der Waals surface area contributed by atoms with Crippen molar-refractivity contribution in [3.63, 3.8) is 0 Å². The Morgan fingerprint density at radius 3 is 2.35 bits per heavy atom. The third-order valence-electron chi connectivity index (χ3n) is 2.92. The van der Waals surface area contributed by atoms with Gasteiger partial charge < -0.3 is 4.74 Å². The molecule has 0 amide bonds. The van der Waals surface area contributed by atoms with Crippen LogP contribution in [0.25, 0.3) is 16.9 Å². The maximum atomic E-state index is 12.8. The van der Waals surface area contributed by atoms with Crippen LogP contribution in [0.5, 0.6) is 5.75 Å². The van der Waals surface area contributed by atoms with Crippen LogP contribution in [-0.4, -0.2) is 26.2 Å². The molecule has 3 aromatic rings. The Kier molecular flexibility index (Phi) is 3.58. The first kappa shape index (κ1) is 15.1. The molecule has 0 saturated heterocycles. The summed E-state index contributed by atoms with van der Waals surface area (Å²) in [7, 11) is 0. The molecule has 0 saturated carbocycles. The smallest absolute Gasteiger partial charge is 0.435 e. The molecule has 0 radical (unpaired) electrons. The molecule has 0 bridgehead atoms. The lowest BCUT2D eigenvalue weighted by Crippen LogP contribution is -2.11. The third kappa shape index (κ3) is 3.05. The van der Waals surface area contributed by atoms with Crippen molar-refractivity contribution in [2.75, 3.05) is 0 Å². The van der Waals surface area contributed by atoms with Crippen molar-refractivity contribution in [3.05, 3.63) is 42.5 Å². The van der Waals surface area contributed by atoms with Crippen LogP contribution in [-0.2, 0) is 6.18 Å². The van der Waals surface area contributed by atoms with Gasteiger partial charge in [-0.2, -0.15) is 22.0 Å². The minimum Gasteiger partial charge on any atom is -0.435 e. The summed E-state index contributed by atoms with van der Waals surface area (Å²) in [5.41, 5.74) is 0.570. The first-order valence-electron chi connectivity index (χ1n) is 6.18. The molecule has 5 nitrogen and oxygen atoms in total. The van der Waals surface area contributed by atoms with Crippen molar-refractivity contribution in [3.8, 4) is 17.0 Å². The number of aromatic nitrogens is 4. The number of fused-ring (bicyclic) bond motifs is 1. The zero-order valence-electron chi connectivity index (χ0n) is 11.1. The van der Waals surface area contributed by atoms with E-state index in [-0.39, 0.29) is 17.1 Å². The van der Waals surface area contributed by atoms with E-state index in [4.69, 9.17) is 0 Å². The van der Waals surface area contributed by atoms with Gasteiger partial charge in [-0.05, 0) is 24.3 Å². The number of hydrogen-bond donors (Lipinski definition) is 0. The van der Waals surface area contributed by atoms with Gasteiger partial charge in [0.1, 0.15) is 5.75 Å². The number of nitrogens with zero attached hydrogens (tertiary/aromatic N) is 4. The summed E-state index contributed by atoms with van der Waals surface area (Å²) in [4.78, 5) is 3.98. The van der Waals surface area contributed by atoms with Crippen molar-refractivity contribution >= 4 is 5.65 Å². The predicted molar refractivity (Wildman–Crippen MR) is 67.9 cm³/mol. The highest BCUT2D eigenvalue weighted by molar-refractivity contribution is 5.60. The quantitative estimate of drug-likeness (QED) is 0.691. The van der Waals surface area contributed by atoms with Gasteiger partial charge in [-0.1, -0.05) is 0 Å². The molecule has 1 aromatic carbocycles. The Morgan fingerprint density at radius 2 is 1.74 bits per heavy atom. The Bertz CT molecular complexity index is 828. The van der Waals surface area contributed by atoms with Gasteiger partial charge in [0, 0.05) is 11.8 Å². The van der Waals surface area contributed by atoms with Crippen LogP contribution in [0.4, 0.5) is 22.0 Å². The highest BCUT2D eigenvalue weighted by Gasteiger charge is 2.37. The topological polar surface area (TPSA) is 52.3 Å². The molecule has 0 atom stereocenters. The molecule has 0 aliphatic carbocycles. The van der Waals surface area contributed by atoms with Gasteiger partial charge in [-0.15, -0.1) is 10.2 Å². The lowest BCUT2D eigenvalue weighted by molar-refractivity contribution is -0.145. The Labute approximate surface area is 125 Å². The second-order valence-electron chi connectivity index (χ2n) is 4.42. The number of benzene rings is 1. The molecule has 0 N–H and O–H groups in total. The number of hydrogen-bond acceptors (Lipinski definition) is 4. The van der Waals surface area contributed by atoms with E-state index in [1.807, 2.05) is 0 Å². The van der Waals surface area contributed by atoms with Crippen molar-refractivity contribution < 1.29 is 26.7 Å². The predicted octanol–water partition coefficient (Wildman–Crippen LogP) is 3.41. The van der Waals surface area contributed by atoms with E-state index < -0.39 is 18.6 Å². The fourth-order valence-electron chi connectivity index (χ4n) is 1.95. The average Bonchev–Trinajstić information content (AvgIpc) is 2.90. The first-order chi connectivity index (χ1) is 10.8. The van der Waals surface area contributed by atoms with Gasteiger partial charge in [0.05, 0.1) is 11.9 Å². The second-order valence-corrected chi connectivity index (χ2v) is 4.42. The standard InChI is InChI=1S/C13H7F5N4O/c14-12(15)23-8-3-1-7(2-4-8)9-6-22-10(5-19-9)20-21-11(22)13(16,17)18/h1-6,12H. The number of halogens is 5. The molecule has 2 aromatic heterocycles. The monoisotopic (exact) mass is 330 g/mol. The maximum Gasteiger partial charge on any atom is 0.452 e. The number of rotatable bonds is 3. The highest BCUT2D eigenvalue weighted by Crippen LogP contribution is 2.29. The maximum absolute atomic E-state index is 12.8. The fraction of sp³-hybridized carbons (Fsp3) is 0.154. The van der Waals surface area contributed by atoms with Crippen molar-refractivity contribution in [2.45, 2.75) is 12.8 Å². The summed E-state index contributed by atoms with van der Waals surface area (Å²) in [6.45, 7) is -2.96. The van der Waals surface area contributed by atoms with Crippen LogP contribution in [0.2, 0.25) is 0 Å². The number of alkyl halides is 5. The Balaban J connectivity index is 2.00. The molecule has 2 heterocycles. The minimum absolute atomic E-state index is 0.0567. The lowest BCUT2D eigenvalue weighted by Gasteiger charge is -2.07. The summed E-state index contributed by atoms with van der Waals surface area (Å²) in [6, 6.07) is 5.35. The molecule has 3 rings (SSSR count). The summed E-state index contributed by atoms with van der Waals surface area (Å²) in [5, 5.41) is 6.49. The third-order valence-corrected chi connectivity index (χ3v) is 2.92. The van der Waals surface area contributed by atoms with E-state index in [1.165, 1.54) is 24.3 Å². The Morgan fingerprint density at radius 1 is 1.04 bits per heavy atom. The van der Waals surface area contributed by atoms with Gasteiger partial charge in [0.15, 0.2) is 5.65 Å². The molecular formula is C13H7F5N4O. The molecule has 0 spiro atoms. The molecular weight excluding hydrogens is 323 g/mol. The summed E-state index contributed by atoms with van der Waals surface area (Å²) >= 11 is 0. The van der Waals surface area contributed by atoms with Gasteiger partial charge in [0.2, 0.25) is 5.82 Å². The summed E-state index contributed by atoms with van der Waals surface area (Å²) in [6.07, 6.45) is -2.39. The zero-order chi connectivity index (χ0) is 16.6. The zero-order valence-corrected chi connectivity index (χ0v) is 11.1. The largest absolute Gasteiger partial charge is 0.452 e. The molecule has 0 unspecified atom stereocenters. The lowest BCUT2D eigenvalue weighted by atomic mass is 10.1. The van der Waals surface area contributed by atoms with E-state index in [9.17, 15) is 22.0 Å². The first-order valence-corrected chi connectivity index (χ1v) is 6.18. The summed E-state index contributed by atoms with van der Waals surface area (Å²) in [5.74, 6) is -1.24. The summed E-state index contributed by atoms with van der Waals surface area (Å²) < 4.78 is 67.6. The van der Waals surface area contributed by atoms with Crippen LogP contribution in [0.15, 0.2) is 36.7 Å². The van der Waals surface area contributed by atoms with Crippen LogP contribution in [0.3, 0.4) is 0 Å². The van der Waals surface area contributed by atoms with E-state index >= 15 is 0 Å². The van der Waals surface area contributed by atoms with Gasteiger partial charge in [-0.25, -0.2) is 0 Å². The Hall–Kier alpha value is -2.78. The van der Waals surface area contributed by atoms with Gasteiger partial charge in [0.25, 0.3) is 0 Å². The van der Waals surface area contributed by atoms with Crippen molar-refractivity contribution in [1.29, 1.82) is 0 Å². The molecule has 0 aliphatic rings. The molecule has 10 heteroatoms. The van der Waals surface area contributed by atoms with E-state index in [2.05, 4.69) is 19.9 Å². The molecule has 0 fully saturated rings. The minimum atomic E-state index is -4.66. The SMILES string of the molecule is FC(F)Oc1ccc(-c2cn3c(C(F)(F)F)nnc3cn2)cc1. The van der Waals surface area contributed by atoms with Crippen LogP contribution in [0, 0.1) is 0 Å². The highest BCUT2D eigenvalue weighted by atomic mass is 19.4. The average molecular weight is 330 g/mol. The van der Waals surface area contributed by atoms with E-state index in [0.717, 1.165) is 16.8 Å². The molecule has 120 valence electrons. The molecule has 23 heavy (non-hydrogen) atoms. The second kappa shape index (κ2) is 5.45. The van der Waals surface area contributed by atoms with Crippen LogP contribution in [0.1, 0.15) is 5.82 Å². The van der Waals surface area contributed by atoms with Crippen LogP contribution < -0.4 is 4.74 Å². The van der Waals surface area contributed by atoms with Crippen LogP contribution >= 0.6 is 0 Å².